The van der Waals surface area contributed by atoms with Crippen LogP contribution < -0.4 is 0 Å². The van der Waals surface area contributed by atoms with Crippen molar-refractivity contribution in [2.24, 2.45) is 5.16 Å². The summed E-state index contributed by atoms with van der Waals surface area (Å²) in [5.74, 6) is 0.0846. The van der Waals surface area contributed by atoms with E-state index in [-0.39, 0.29) is 22.6 Å². The molecule has 1 aromatic rings. The number of hydrogen-bond acceptors (Lipinski definition) is 4. The Hall–Kier alpha value is -1.71. The number of aromatic hydroxyl groups is 2. The van der Waals surface area contributed by atoms with Gasteiger partial charge in [-0.2, -0.15) is 0 Å². The lowest BCUT2D eigenvalue weighted by molar-refractivity contribution is 0.318. The van der Waals surface area contributed by atoms with E-state index < -0.39 is 0 Å². The van der Waals surface area contributed by atoms with Gasteiger partial charge in [0.1, 0.15) is 11.5 Å². The molecule has 0 amide bonds. The van der Waals surface area contributed by atoms with Gasteiger partial charge in [-0.15, -0.1) is 0 Å². The van der Waals surface area contributed by atoms with Crippen LogP contribution in [-0.2, 0) is 5.41 Å². The molecule has 16 heavy (non-hydrogen) atoms. The summed E-state index contributed by atoms with van der Waals surface area (Å²) in [6.07, 6.45) is 0. The van der Waals surface area contributed by atoms with Crippen molar-refractivity contribution in [2.45, 2.75) is 33.1 Å². The maximum Gasteiger partial charge on any atom is 0.125 e. The van der Waals surface area contributed by atoms with Crippen LogP contribution in [0.25, 0.3) is 0 Å². The highest BCUT2D eigenvalue weighted by atomic mass is 16.4. The molecular weight excluding hydrogens is 206 g/mol. The van der Waals surface area contributed by atoms with Gasteiger partial charge in [0.15, 0.2) is 0 Å². The number of rotatable bonds is 1. The molecule has 0 aliphatic rings. The molecule has 4 heteroatoms. The fourth-order valence-electron chi connectivity index (χ4n) is 1.76. The number of benzene rings is 1. The van der Waals surface area contributed by atoms with Gasteiger partial charge < -0.3 is 15.4 Å². The van der Waals surface area contributed by atoms with E-state index in [1.54, 1.807) is 6.92 Å². The van der Waals surface area contributed by atoms with Crippen LogP contribution in [-0.4, -0.2) is 21.1 Å². The summed E-state index contributed by atoms with van der Waals surface area (Å²) in [5.41, 5.74) is 0.875. The fourth-order valence-corrected chi connectivity index (χ4v) is 1.76. The number of nitrogens with zero attached hydrogens (tertiary/aromatic N) is 1. The summed E-state index contributed by atoms with van der Waals surface area (Å²) < 4.78 is 0. The number of hydrogen-bond donors (Lipinski definition) is 3. The molecule has 0 saturated heterocycles. The normalized spacial score (nSPS) is 12.9. The van der Waals surface area contributed by atoms with Crippen LogP contribution in [0.2, 0.25) is 0 Å². The minimum Gasteiger partial charge on any atom is -0.508 e. The van der Waals surface area contributed by atoms with Crippen LogP contribution in [0.1, 0.15) is 38.8 Å². The Labute approximate surface area is 94.9 Å². The summed E-state index contributed by atoms with van der Waals surface area (Å²) in [4.78, 5) is 0. The molecule has 0 atom stereocenters. The molecule has 0 aromatic heterocycles. The third kappa shape index (κ3) is 2.10. The van der Waals surface area contributed by atoms with Gasteiger partial charge in [0.25, 0.3) is 0 Å². The lowest BCUT2D eigenvalue weighted by Crippen LogP contribution is -2.16. The largest absolute Gasteiger partial charge is 0.508 e. The molecule has 0 bridgehead atoms. The highest BCUT2D eigenvalue weighted by Crippen LogP contribution is 2.38. The quantitative estimate of drug-likeness (QED) is 0.296. The van der Waals surface area contributed by atoms with Gasteiger partial charge in [0.05, 0.1) is 5.71 Å². The highest BCUT2D eigenvalue weighted by Gasteiger charge is 2.25. The third-order valence-corrected chi connectivity index (χ3v) is 2.42. The second kappa shape index (κ2) is 4.04. The first-order valence-corrected chi connectivity index (χ1v) is 5.03. The van der Waals surface area contributed by atoms with Crippen molar-refractivity contribution in [1.29, 1.82) is 0 Å². The standard InChI is InChI=1S/C12H17NO3/c1-7(13-16)10-8(14)5-6-9(15)11(10)12(2,3)4/h5-6,14-16H,1-4H3. The summed E-state index contributed by atoms with van der Waals surface area (Å²) >= 11 is 0. The minimum atomic E-state index is -0.357. The topological polar surface area (TPSA) is 73.1 Å². The molecule has 0 heterocycles. The number of phenols is 2. The summed E-state index contributed by atoms with van der Waals surface area (Å²) in [6.45, 7) is 7.31. The average Bonchev–Trinajstić information content (AvgIpc) is 2.18. The summed E-state index contributed by atoms with van der Waals surface area (Å²) in [6, 6.07) is 2.82. The van der Waals surface area contributed by atoms with Crippen molar-refractivity contribution in [3.8, 4) is 11.5 Å². The van der Waals surface area contributed by atoms with Crippen molar-refractivity contribution in [3.63, 3.8) is 0 Å². The van der Waals surface area contributed by atoms with Crippen molar-refractivity contribution >= 4 is 5.71 Å². The second-order valence-corrected chi connectivity index (χ2v) is 4.79. The van der Waals surface area contributed by atoms with Gasteiger partial charge in [-0.3, -0.25) is 0 Å². The van der Waals surface area contributed by atoms with Gasteiger partial charge in [0.2, 0.25) is 0 Å². The van der Waals surface area contributed by atoms with Gasteiger partial charge in [-0.25, -0.2) is 0 Å². The Balaban J connectivity index is 3.63. The molecule has 0 aliphatic carbocycles. The predicted molar refractivity (Wildman–Crippen MR) is 62.5 cm³/mol. The van der Waals surface area contributed by atoms with E-state index in [0.717, 1.165) is 0 Å². The van der Waals surface area contributed by atoms with E-state index >= 15 is 0 Å². The lowest BCUT2D eigenvalue weighted by atomic mass is 9.81. The number of phenolic OH excluding ortho intramolecular Hbond substituents is 2. The molecule has 3 N–H and O–H groups in total. The van der Waals surface area contributed by atoms with Gasteiger partial charge in [0, 0.05) is 11.1 Å². The first kappa shape index (κ1) is 12.4. The maximum absolute atomic E-state index is 9.85. The van der Waals surface area contributed by atoms with Gasteiger partial charge >= 0.3 is 0 Å². The van der Waals surface area contributed by atoms with Crippen LogP contribution in [0, 0.1) is 0 Å². The highest BCUT2D eigenvalue weighted by molar-refractivity contribution is 6.02. The van der Waals surface area contributed by atoms with E-state index in [0.29, 0.717) is 11.1 Å². The fraction of sp³-hybridized carbons (Fsp3) is 0.417. The van der Waals surface area contributed by atoms with Gasteiger partial charge in [-0.05, 0) is 24.5 Å². The molecule has 0 spiro atoms. The first-order valence-electron chi connectivity index (χ1n) is 5.03. The molecule has 4 nitrogen and oxygen atoms in total. The third-order valence-electron chi connectivity index (χ3n) is 2.42. The van der Waals surface area contributed by atoms with E-state index in [2.05, 4.69) is 5.16 Å². The zero-order valence-corrected chi connectivity index (χ0v) is 9.94. The van der Waals surface area contributed by atoms with Crippen molar-refractivity contribution < 1.29 is 15.4 Å². The molecule has 1 rings (SSSR count). The van der Waals surface area contributed by atoms with Crippen molar-refractivity contribution in [3.05, 3.63) is 23.3 Å². The smallest absolute Gasteiger partial charge is 0.125 e. The molecule has 0 aliphatic heterocycles. The molecular formula is C12H17NO3. The predicted octanol–water partition coefficient (Wildman–Crippen LogP) is 2.59. The molecule has 0 saturated carbocycles. The Bertz CT molecular complexity index is 431. The number of oxime groups is 1. The minimum absolute atomic E-state index is 0.00183. The van der Waals surface area contributed by atoms with E-state index in [1.807, 2.05) is 20.8 Å². The first-order chi connectivity index (χ1) is 7.29. The molecule has 0 radical (unpaired) electrons. The zero-order chi connectivity index (χ0) is 12.5. The monoisotopic (exact) mass is 223 g/mol. The molecule has 1 aromatic carbocycles. The SMILES string of the molecule is CC(=NO)c1c(O)ccc(O)c1C(C)(C)C. The van der Waals surface area contributed by atoms with Gasteiger partial charge in [-0.1, -0.05) is 25.9 Å². The maximum atomic E-state index is 9.85. The van der Waals surface area contributed by atoms with E-state index in [9.17, 15) is 10.2 Å². The second-order valence-electron chi connectivity index (χ2n) is 4.79. The molecule has 88 valence electrons. The van der Waals surface area contributed by atoms with Crippen LogP contribution in [0.5, 0.6) is 11.5 Å². The Morgan fingerprint density at radius 3 is 2.06 bits per heavy atom. The summed E-state index contributed by atoms with van der Waals surface area (Å²) in [7, 11) is 0. The lowest BCUT2D eigenvalue weighted by Gasteiger charge is -2.24. The van der Waals surface area contributed by atoms with Crippen molar-refractivity contribution in [2.75, 3.05) is 0 Å². The Kier molecular flexibility index (Phi) is 3.12. The van der Waals surface area contributed by atoms with E-state index in [4.69, 9.17) is 5.21 Å². The zero-order valence-electron chi connectivity index (χ0n) is 9.94. The van der Waals surface area contributed by atoms with E-state index in [1.165, 1.54) is 12.1 Å². The van der Waals surface area contributed by atoms with Crippen molar-refractivity contribution in [1.82, 2.24) is 0 Å². The summed E-state index contributed by atoms with van der Waals surface area (Å²) in [5, 5.41) is 31.5. The van der Waals surface area contributed by atoms with Crippen LogP contribution in [0.3, 0.4) is 0 Å². The molecule has 0 unspecified atom stereocenters. The molecule has 0 fully saturated rings. The van der Waals surface area contributed by atoms with Crippen LogP contribution in [0.4, 0.5) is 0 Å². The Morgan fingerprint density at radius 2 is 1.62 bits per heavy atom. The Morgan fingerprint density at radius 1 is 1.12 bits per heavy atom. The average molecular weight is 223 g/mol. The van der Waals surface area contributed by atoms with Crippen LogP contribution in [0.15, 0.2) is 17.3 Å². The van der Waals surface area contributed by atoms with Crippen LogP contribution >= 0.6 is 0 Å².